The van der Waals surface area contributed by atoms with Crippen molar-refractivity contribution >= 4 is 11.6 Å². The first-order valence-electron chi connectivity index (χ1n) is 8.05. The molecule has 122 valence electrons. The Balaban J connectivity index is 1.58. The molecule has 2 aromatic heterocycles. The third kappa shape index (κ3) is 2.76. The van der Waals surface area contributed by atoms with Crippen LogP contribution in [0, 0.1) is 5.92 Å². The highest BCUT2D eigenvalue weighted by molar-refractivity contribution is 5.93. The van der Waals surface area contributed by atoms with Gasteiger partial charge in [-0.2, -0.15) is 5.10 Å². The van der Waals surface area contributed by atoms with Crippen LogP contribution < -0.4 is 5.32 Å². The number of amides is 1. The fraction of sp³-hybridized carbons (Fsp3) is 0.278. The van der Waals surface area contributed by atoms with Gasteiger partial charge >= 0.3 is 0 Å². The Hall–Kier alpha value is -2.73. The molecule has 0 spiro atoms. The zero-order valence-corrected chi connectivity index (χ0v) is 13.0. The molecular weight excluding hydrogens is 304 g/mol. The molecule has 3 aromatic rings. The number of aliphatic hydroxyl groups excluding tert-OH is 1. The number of aliphatic hydroxyl groups is 1. The summed E-state index contributed by atoms with van der Waals surface area (Å²) in [5.41, 5.74) is 2.03. The van der Waals surface area contributed by atoms with Gasteiger partial charge in [0.2, 0.25) is 0 Å². The van der Waals surface area contributed by atoms with Crippen molar-refractivity contribution < 1.29 is 9.90 Å². The molecule has 1 amide bonds. The summed E-state index contributed by atoms with van der Waals surface area (Å²) in [6.45, 7) is 0. The Morgan fingerprint density at radius 1 is 1.25 bits per heavy atom. The first kappa shape index (κ1) is 14.8. The van der Waals surface area contributed by atoms with Gasteiger partial charge < -0.3 is 10.4 Å². The molecule has 1 saturated carbocycles. The lowest BCUT2D eigenvalue weighted by atomic mass is 9.75. The number of hydrogen-bond donors (Lipinski definition) is 2. The fourth-order valence-electron chi connectivity index (χ4n) is 3.19. The van der Waals surface area contributed by atoms with Crippen molar-refractivity contribution in [2.45, 2.75) is 25.0 Å². The van der Waals surface area contributed by atoms with Crippen LogP contribution in [0.1, 0.15) is 34.9 Å². The minimum Gasteiger partial charge on any atom is -0.393 e. The minimum atomic E-state index is -0.266. The molecule has 1 aliphatic rings. The van der Waals surface area contributed by atoms with Crippen LogP contribution in [0.3, 0.4) is 0 Å². The van der Waals surface area contributed by atoms with E-state index in [4.69, 9.17) is 0 Å². The molecule has 2 heterocycles. The van der Waals surface area contributed by atoms with Crippen molar-refractivity contribution in [2.24, 2.45) is 5.92 Å². The van der Waals surface area contributed by atoms with Crippen LogP contribution in [-0.4, -0.2) is 31.7 Å². The number of carbonyl (C=O) groups excluding carboxylic acids is 1. The molecule has 4 rings (SSSR count). The number of nitrogens with zero attached hydrogens (tertiary/aromatic N) is 3. The van der Waals surface area contributed by atoms with Crippen molar-refractivity contribution in [3.8, 4) is 0 Å². The molecule has 24 heavy (non-hydrogen) atoms. The van der Waals surface area contributed by atoms with Gasteiger partial charge in [-0.25, -0.2) is 9.50 Å². The standard InChI is InChI=1S/C18H18N4O2/c23-14-9-13(10-14)17(12-5-2-1-3-6-12)20-18(24)15-11-16-19-7-4-8-22(16)21-15/h1-8,11,13-14,17,23H,9-10H2,(H,20,24). The number of rotatable bonds is 4. The molecule has 6 nitrogen and oxygen atoms in total. The van der Waals surface area contributed by atoms with Crippen molar-refractivity contribution in [2.75, 3.05) is 0 Å². The number of carbonyl (C=O) groups is 1. The Morgan fingerprint density at radius 2 is 2.04 bits per heavy atom. The van der Waals surface area contributed by atoms with Gasteiger partial charge in [0.05, 0.1) is 12.1 Å². The third-order valence-corrected chi connectivity index (χ3v) is 4.54. The van der Waals surface area contributed by atoms with Crippen LogP contribution in [0.5, 0.6) is 0 Å². The second kappa shape index (κ2) is 6.05. The van der Waals surface area contributed by atoms with Gasteiger partial charge in [0, 0.05) is 18.5 Å². The van der Waals surface area contributed by atoms with Crippen LogP contribution >= 0.6 is 0 Å². The van der Waals surface area contributed by atoms with Gasteiger partial charge in [0.25, 0.3) is 5.91 Å². The van der Waals surface area contributed by atoms with E-state index in [0.29, 0.717) is 24.2 Å². The topological polar surface area (TPSA) is 79.5 Å². The van der Waals surface area contributed by atoms with E-state index in [1.54, 1.807) is 29.0 Å². The van der Waals surface area contributed by atoms with Crippen LogP contribution in [-0.2, 0) is 0 Å². The zero-order chi connectivity index (χ0) is 16.5. The van der Waals surface area contributed by atoms with E-state index >= 15 is 0 Å². The summed E-state index contributed by atoms with van der Waals surface area (Å²) in [6.07, 6.45) is 4.56. The van der Waals surface area contributed by atoms with Gasteiger partial charge in [-0.3, -0.25) is 4.79 Å². The molecule has 1 aromatic carbocycles. The highest BCUT2D eigenvalue weighted by atomic mass is 16.3. The molecule has 1 unspecified atom stereocenters. The molecular formula is C18H18N4O2. The Kier molecular flexibility index (Phi) is 3.74. The number of aromatic nitrogens is 3. The van der Waals surface area contributed by atoms with Gasteiger partial charge in [-0.05, 0) is 30.4 Å². The van der Waals surface area contributed by atoms with Crippen LogP contribution in [0.15, 0.2) is 54.9 Å². The summed E-state index contributed by atoms with van der Waals surface area (Å²) in [5.74, 6) is 0.0113. The van der Waals surface area contributed by atoms with E-state index in [2.05, 4.69) is 15.4 Å². The third-order valence-electron chi connectivity index (χ3n) is 4.54. The Bertz CT molecular complexity index is 823. The van der Waals surface area contributed by atoms with E-state index in [1.807, 2.05) is 30.3 Å². The summed E-state index contributed by atoms with van der Waals surface area (Å²) < 4.78 is 1.58. The molecule has 0 radical (unpaired) electrons. The highest BCUT2D eigenvalue weighted by Crippen LogP contribution is 2.38. The summed E-state index contributed by atoms with van der Waals surface area (Å²) in [5, 5.41) is 17.0. The van der Waals surface area contributed by atoms with Gasteiger partial charge in [-0.1, -0.05) is 30.3 Å². The second-order valence-corrected chi connectivity index (χ2v) is 6.20. The highest BCUT2D eigenvalue weighted by Gasteiger charge is 2.36. The summed E-state index contributed by atoms with van der Waals surface area (Å²) in [6, 6.07) is 13.2. The monoisotopic (exact) mass is 322 g/mol. The van der Waals surface area contributed by atoms with Crippen LogP contribution in [0.4, 0.5) is 0 Å². The lowest BCUT2D eigenvalue weighted by Crippen LogP contribution is -2.41. The van der Waals surface area contributed by atoms with Gasteiger partial charge in [-0.15, -0.1) is 0 Å². The Morgan fingerprint density at radius 3 is 2.75 bits per heavy atom. The van der Waals surface area contributed by atoms with Crippen LogP contribution in [0.2, 0.25) is 0 Å². The van der Waals surface area contributed by atoms with Gasteiger partial charge in [0.1, 0.15) is 0 Å². The molecule has 1 aliphatic carbocycles. The summed E-state index contributed by atoms with van der Waals surface area (Å²) in [7, 11) is 0. The SMILES string of the molecule is O=C(NC(c1ccccc1)C1CC(O)C1)c1cc2ncccn2n1. The van der Waals surface area contributed by atoms with E-state index in [9.17, 15) is 9.90 Å². The van der Waals surface area contributed by atoms with Gasteiger partial charge in [0.15, 0.2) is 11.3 Å². The first-order valence-corrected chi connectivity index (χ1v) is 8.05. The van der Waals surface area contributed by atoms with Crippen molar-refractivity contribution in [1.82, 2.24) is 19.9 Å². The maximum Gasteiger partial charge on any atom is 0.272 e. The Labute approximate surface area is 139 Å². The predicted octanol–water partition coefficient (Wildman–Crippen LogP) is 1.97. The maximum absolute atomic E-state index is 12.6. The molecule has 6 heteroatoms. The predicted molar refractivity (Wildman–Crippen MR) is 88.4 cm³/mol. The number of fused-ring (bicyclic) bond motifs is 1. The van der Waals surface area contributed by atoms with Crippen LogP contribution in [0.25, 0.3) is 5.65 Å². The van der Waals surface area contributed by atoms with Crippen molar-refractivity contribution in [3.63, 3.8) is 0 Å². The summed E-state index contributed by atoms with van der Waals surface area (Å²) in [4.78, 5) is 16.8. The number of nitrogens with one attached hydrogen (secondary N) is 1. The maximum atomic E-state index is 12.6. The minimum absolute atomic E-state index is 0.125. The summed E-state index contributed by atoms with van der Waals surface area (Å²) >= 11 is 0. The molecule has 1 atom stereocenters. The average molecular weight is 322 g/mol. The number of hydrogen-bond acceptors (Lipinski definition) is 4. The number of benzene rings is 1. The van der Waals surface area contributed by atoms with Crippen molar-refractivity contribution in [1.29, 1.82) is 0 Å². The molecule has 2 N–H and O–H groups in total. The largest absolute Gasteiger partial charge is 0.393 e. The molecule has 0 bridgehead atoms. The quantitative estimate of drug-likeness (QED) is 0.770. The van der Waals surface area contributed by atoms with E-state index in [0.717, 1.165) is 5.56 Å². The molecule has 0 aliphatic heterocycles. The lowest BCUT2D eigenvalue weighted by Gasteiger charge is -2.38. The average Bonchev–Trinajstić information content (AvgIpc) is 3.02. The van der Waals surface area contributed by atoms with E-state index < -0.39 is 0 Å². The zero-order valence-electron chi connectivity index (χ0n) is 13.0. The fourth-order valence-corrected chi connectivity index (χ4v) is 3.19. The first-order chi connectivity index (χ1) is 11.7. The molecule has 0 saturated heterocycles. The van der Waals surface area contributed by atoms with E-state index in [-0.39, 0.29) is 24.0 Å². The second-order valence-electron chi connectivity index (χ2n) is 6.20. The smallest absolute Gasteiger partial charge is 0.272 e. The molecule has 1 fully saturated rings. The normalized spacial score (nSPS) is 21.2. The van der Waals surface area contributed by atoms with Crippen molar-refractivity contribution in [3.05, 3.63) is 66.1 Å². The lowest BCUT2D eigenvalue weighted by molar-refractivity contribution is 0.0234. The van der Waals surface area contributed by atoms with E-state index in [1.165, 1.54) is 0 Å².